The van der Waals surface area contributed by atoms with Gasteiger partial charge in [0, 0.05) is 12.6 Å². The molecule has 1 aliphatic heterocycles. The van der Waals surface area contributed by atoms with Gasteiger partial charge in [-0.2, -0.15) is 4.98 Å². The van der Waals surface area contributed by atoms with Gasteiger partial charge in [0.15, 0.2) is 0 Å². The first-order valence-corrected chi connectivity index (χ1v) is 5.50. The molecule has 1 atom stereocenters. The maximum absolute atomic E-state index is 5.45. The van der Waals surface area contributed by atoms with E-state index >= 15 is 0 Å². The number of anilines is 1. The van der Waals surface area contributed by atoms with Gasteiger partial charge >= 0.3 is 0 Å². The summed E-state index contributed by atoms with van der Waals surface area (Å²) in [6.45, 7) is 6.59. The summed E-state index contributed by atoms with van der Waals surface area (Å²) < 4.78 is 5.12. The van der Waals surface area contributed by atoms with Crippen molar-refractivity contribution in [3.63, 3.8) is 0 Å². The number of rotatable bonds is 2. The fourth-order valence-corrected chi connectivity index (χ4v) is 2.09. The van der Waals surface area contributed by atoms with E-state index in [4.69, 9.17) is 10.3 Å². The third kappa shape index (κ3) is 2.28. The van der Waals surface area contributed by atoms with Crippen molar-refractivity contribution in [1.82, 2.24) is 15.0 Å². The molecule has 0 amide bonds. The second-order valence-corrected chi connectivity index (χ2v) is 4.42. The van der Waals surface area contributed by atoms with Crippen LogP contribution in [0.2, 0.25) is 0 Å². The SMILES string of the molecule is CC(C)N1CCCC(c2nc(N)no2)C1. The number of nitrogen functional groups attached to an aromatic ring is 1. The van der Waals surface area contributed by atoms with Gasteiger partial charge < -0.3 is 15.2 Å². The molecular weight excluding hydrogens is 192 g/mol. The Labute approximate surface area is 89.6 Å². The lowest BCUT2D eigenvalue weighted by Crippen LogP contribution is -2.39. The standard InChI is InChI=1S/C10H18N4O/c1-7(2)14-5-3-4-8(6-14)9-12-10(11)13-15-9/h7-8H,3-6H2,1-2H3,(H2,11,13). The van der Waals surface area contributed by atoms with E-state index in [2.05, 4.69) is 28.9 Å². The van der Waals surface area contributed by atoms with Crippen LogP contribution < -0.4 is 5.73 Å². The van der Waals surface area contributed by atoms with E-state index in [1.165, 1.54) is 6.42 Å². The molecule has 0 spiro atoms. The van der Waals surface area contributed by atoms with Crippen molar-refractivity contribution in [3.8, 4) is 0 Å². The second kappa shape index (κ2) is 4.18. The molecule has 0 radical (unpaired) electrons. The van der Waals surface area contributed by atoms with Gasteiger partial charge in [-0.3, -0.25) is 0 Å². The van der Waals surface area contributed by atoms with Crippen LogP contribution in [0.25, 0.3) is 0 Å². The minimum atomic E-state index is 0.242. The molecular formula is C10H18N4O. The van der Waals surface area contributed by atoms with Gasteiger partial charge in [-0.1, -0.05) is 0 Å². The van der Waals surface area contributed by atoms with Gasteiger partial charge in [-0.05, 0) is 38.4 Å². The predicted molar refractivity (Wildman–Crippen MR) is 57.4 cm³/mol. The second-order valence-electron chi connectivity index (χ2n) is 4.42. The highest BCUT2D eigenvalue weighted by atomic mass is 16.5. The summed E-state index contributed by atoms with van der Waals surface area (Å²) in [6, 6.07) is 0.577. The monoisotopic (exact) mass is 210 g/mol. The molecule has 1 fully saturated rings. The van der Waals surface area contributed by atoms with Crippen LogP contribution in [0.1, 0.15) is 38.5 Å². The lowest BCUT2D eigenvalue weighted by Gasteiger charge is -2.33. The van der Waals surface area contributed by atoms with Crippen LogP contribution in [0.5, 0.6) is 0 Å². The van der Waals surface area contributed by atoms with Crippen LogP contribution in [0.15, 0.2) is 4.52 Å². The average molecular weight is 210 g/mol. The quantitative estimate of drug-likeness (QED) is 0.795. The lowest BCUT2D eigenvalue weighted by molar-refractivity contribution is 0.153. The Morgan fingerprint density at radius 1 is 1.53 bits per heavy atom. The molecule has 0 saturated carbocycles. The number of aromatic nitrogens is 2. The van der Waals surface area contributed by atoms with Crippen LogP contribution in [0.4, 0.5) is 5.95 Å². The first-order chi connectivity index (χ1) is 7.16. The zero-order valence-corrected chi connectivity index (χ0v) is 9.31. The molecule has 1 saturated heterocycles. The summed E-state index contributed by atoms with van der Waals surface area (Å²) in [6.07, 6.45) is 2.30. The third-order valence-corrected chi connectivity index (χ3v) is 2.99. The Morgan fingerprint density at radius 2 is 2.33 bits per heavy atom. The van der Waals surface area contributed by atoms with Crippen LogP contribution in [-0.4, -0.2) is 34.2 Å². The Morgan fingerprint density at radius 3 is 2.93 bits per heavy atom. The number of nitrogens with zero attached hydrogens (tertiary/aromatic N) is 3. The molecule has 0 aromatic carbocycles. The average Bonchev–Trinajstić information content (AvgIpc) is 2.65. The van der Waals surface area contributed by atoms with E-state index in [1.807, 2.05) is 0 Å². The molecule has 5 heteroatoms. The highest BCUT2D eigenvalue weighted by Gasteiger charge is 2.26. The molecule has 1 aliphatic rings. The fraction of sp³-hybridized carbons (Fsp3) is 0.800. The van der Waals surface area contributed by atoms with Crippen molar-refractivity contribution in [1.29, 1.82) is 0 Å². The third-order valence-electron chi connectivity index (χ3n) is 2.99. The maximum atomic E-state index is 5.45. The first kappa shape index (κ1) is 10.4. The molecule has 5 nitrogen and oxygen atoms in total. The van der Waals surface area contributed by atoms with Crippen LogP contribution >= 0.6 is 0 Å². The smallest absolute Gasteiger partial charge is 0.260 e. The topological polar surface area (TPSA) is 68.2 Å². The summed E-state index contributed by atoms with van der Waals surface area (Å²) in [7, 11) is 0. The molecule has 2 rings (SSSR count). The van der Waals surface area contributed by atoms with Gasteiger partial charge in [0.2, 0.25) is 5.89 Å². The molecule has 84 valence electrons. The molecule has 1 aromatic rings. The van der Waals surface area contributed by atoms with E-state index in [9.17, 15) is 0 Å². The van der Waals surface area contributed by atoms with Gasteiger partial charge in [0.1, 0.15) is 0 Å². The molecule has 15 heavy (non-hydrogen) atoms. The van der Waals surface area contributed by atoms with Gasteiger partial charge in [-0.15, -0.1) is 0 Å². The number of nitrogens with two attached hydrogens (primary N) is 1. The van der Waals surface area contributed by atoms with E-state index < -0.39 is 0 Å². The molecule has 1 aromatic heterocycles. The van der Waals surface area contributed by atoms with E-state index in [-0.39, 0.29) is 5.95 Å². The summed E-state index contributed by atoms with van der Waals surface area (Å²) in [5.74, 6) is 1.29. The normalized spacial score (nSPS) is 23.5. The highest BCUT2D eigenvalue weighted by Crippen LogP contribution is 2.26. The van der Waals surface area contributed by atoms with Crippen molar-refractivity contribution >= 4 is 5.95 Å². The predicted octanol–water partition coefficient (Wildman–Crippen LogP) is 1.24. The van der Waals surface area contributed by atoms with Crippen molar-refractivity contribution in [3.05, 3.63) is 5.89 Å². The number of hydrogen-bond donors (Lipinski definition) is 1. The first-order valence-electron chi connectivity index (χ1n) is 5.50. The Kier molecular flexibility index (Phi) is 2.90. The zero-order valence-electron chi connectivity index (χ0n) is 9.31. The molecule has 0 bridgehead atoms. The number of hydrogen-bond acceptors (Lipinski definition) is 5. The van der Waals surface area contributed by atoms with Crippen LogP contribution in [-0.2, 0) is 0 Å². The lowest BCUT2D eigenvalue weighted by atomic mass is 9.97. The molecule has 2 heterocycles. The van der Waals surface area contributed by atoms with Crippen molar-refractivity contribution in [2.45, 2.75) is 38.6 Å². The summed E-state index contributed by atoms with van der Waals surface area (Å²) in [5, 5.41) is 3.63. The summed E-state index contributed by atoms with van der Waals surface area (Å²) in [5.41, 5.74) is 5.45. The number of piperidine rings is 1. The summed E-state index contributed by atoms with van der Waals surface area (Å²) in [4.78, 5) is 6.54. The van der Waals surface area contributed by atoms with E-state index in [1.54, 1.807) is 0 Å². The van der Waals surface area contributed by atoms with Gasteiger partial charge in [0.25, 0.3) is 5.95 Å². The minimum absolute atomic E-state index is 0.242. The molecule has 2 N–H and O–H groups in total. The number of likely N-dealkylation sites (tertiary alicyclic amines) is 1. The maximum Gasteiger partial charge on any atom is 0.260 e. The van der Waals surface area contributed by atoms with Gasteiger partial charge in [-0.25, -0.2) is 0 Å². The molecule has 0 aliphatic carbocycles. The zero-order chi connectivity index (χ0) is 10.8. The summed E-state index contributed by atoms with van der Waals surface area (Å²) >= 11 is 0. The van der Waals surface area contributed by atoms with Crippen molar-refractivity contribution < 1.29 is 4.52 Å². The minimum Gasteiger partial charge on any atom is -0.365 e. The van der Waals surface area contributed by atoms with Crippen molar-refractivity contribution in [2.75, 3.05) is 18.8 Å². The largest absolute Gasteiger partial charge is 0.365 e. The van der Waals surface area contributed by atoms with Crippen LogP contribution in [0.3, 0.4) is 0 Å². The van der Waals surface area contributed by atoms with Crippen molar-refractivity contribution in [2.24, 2.45) is 0 Å². The fourth-order valence-electron chi connectivity index (χ4n) is 2.09. The Hall–Kier alpha value is -1.10. The van der Waals surface area contributed by atoms with Crippen LogP contribution in [0, 0.1) is 0 Å². The Bertz CT molecular complexity index is 323. The van der Waals surface area contributed by atoms with E-state index in [0.717, 1.165) is 19.5 Å². The van der Waals surface area contributed by atoms with E-state index in [0.29, 0.717) is 17.9 Å². The Balaban J connectivity index is 2.04. The molecule has 1 unspecified atom stereocenters. The highest BCUT2D eigenvalue weighted by molar-refractivity contribution is 5.12. The van der Waals surface area contributed by atoms with Gasteiger partial charge in [0.05, 0.1) is 5.92 Å².